The summed E-state index contributed by atoms with van der Waals surface area (Å²) in [4.78, 5) is 31.6. The molecular weight excluding hydrogens is 386 g/mol. The molecule has 0 atom stereocenters. The average Bonchev–Trinajstić information content (AvgIpc) is 3.12. The average molecular weight is 418 g/mol. The zero-order valence-corrected chi connectivity index (χ0v) is 18.1. The summed E-state index contributed by atoms with van der Waals surface area (Å²) in [6.07, 6.45) is 4.78. The van der Waals surface area contributed by atoms with Crippen molar-refractivity contribution in [3.63, 3.8) is 0 Å². The number of benzene rings is 2. The summed E-state index contributed by atoms with van der Waals surface area (Å²) in [6.45, 7) is 5.65. The quantitative estimate of drug-likeness (QED) is 0.720. The van der Waals surface area contributed by atoms with Crippen LogP contribution in [-0.4, -0.2) is 54.3 Å². The Hall–Kier alpha value is -2.66. The van der Waals surface area contributed by atoms with Crippen LogP contribution in [0.15, 0.2) is 48.5 Å². The Morgan fingerprint density at radius 1 is 0.839 bits per heavy atom. The van der Waals surface area contributed by atoms with Crippen LogP contribution in [0.4, 0.5) is 5.69 Å². The van der Waals surface area contributed by atoms with E-state index in [-0.39, 0.29) is 11.8 Å². The molecule has 0 saturated carbocycles. The third kappa shape index (κ3) is 4.24. The lowest BCUT2D eigenvalue weighted by atomic mass is 9.96. The van der Waals surface area contributed by atoms with Crippen LogP contribution in [0.2, 0.25) is 0 Å². The van der Waals surface area contributed by atoms with Gasteiger partial charge in [0.05, 0.1) is 0 Å². The molecule has 3 heterocycles. The number of amides is 2. The number of nitrogens with zero attached hydrogens (tertiary/aromatic N) is 3. The summed E-state index contributed by atoms with van der Waals surface area (Å²) in [5, 5.41) is 0. The number of piperidine rings is 1. The predicted molar refractivity (Wildman–Crippen MR) is 122 cm³/mol. The standard InChI is InChI=1S/C26H31N3O2/c30-25-11-10-21-6-2-4-9-24(21)29(25)15-5-14-27-16-12-20(13-17-27)18-28-19-22-7-1-3-8-23(22)26(28)31/h1-4,6-9,20H,5,10-19H2. The van der Waals surface area contributed by atoms with Crippen molar-refractivity contribution in [3.05, 3.63) is 65.2 Å². The lowest BCUT2D eigenvalue weighted by Crippen LogP contribution is -2.41. The van der Waals surface area contributed by atoms with E-state index in [4.69, 9.17) is 0 Å². The van der Waals surface area contributed by atoms with E-state index in [0.29, 0.717) is 12.3 Å². The maximum absolute atomic E-state index is 12.6. The van der Waals surface area contributed by atoms with E-state index < -0.39 is 0 Å². The maximum Gasteiger partial charge on any atom is 0.254 e. The molecule has 0 radical (unpaired) electrons. The van der Waals surface area contributed by atoms with E-state index in [1.54, 1.807) is 0 Å². The number of anilines is 1. The van der Waals surface area contributed by atoms with Gasteiger partial charge in [0.2, 0.25) is 5.91 Å². The van der Waals surface area contributed by atoms with Crippen molar-refractivity contribution in [3.8, 4) is 0 Å². The molecule has 5 nitrogen and oxygen atoms in total. The first-order valence-corrected chi connectivity index (χ1v) is 11.7. The Morgan fingerprint density at radius 2 is 1.58 bits per heavy atom. The first-order valence-electron chi connectivity index (χ1n) is 11.7. The maximum atomic E-state index is 12.6. The van der Waals surface area contributed by atoms with Gasteiger partial charge in [-0.25, -0.2) is 0 Å². The van der Waals surface area contributed by atoms with Gasteiger partial charge in [-0.2, -0.15) is 0 Å². The van der Waals surface area contributed by atoms with Crippen LogP contribution in [-0.2, 0) is 17.8 Å². The highest BCUT2D eigenvalue weighted by molar-refractivity contribution is 5.98. The van der Waals surface area contributed by atoms with Crippen molar-refractivity contribution < 1.29 is 9.59 Å². The summed E-state index contributed by atoms with van der Waals surface area (Å²) >= 11 is 0. The van der Waals surface area contributed by atoms with Crippen molar-refractivity contribution in [2.75, 3.05) is 37.6 Å². The van der Waals surface area contributed by atoms with Crippen LogP contribution in [0.25, 0.3) is 0 Å². The molecule has 0 aliphatic carbocycles. The molecule has 0 spiro atoms. The van der Waals surface area contributed by atoms with E-state index in [9.17, 15) is 9.59 Å². The van der Waals surface area contributed by atoms with E-state index in [1.807, 2.05) is 34.1 Å². The van der Waals surface area contributed by atoms with Gasteiger partial charge < -0.3 is 14.7 Å². The first kappa shape index (κ1) is 20.3. The normalized spacial score (nSPS) is 19.6. The molecule has 5 heteroatoms. The van der Waals surface area contributed by atoms with Gasteiger partial charge in [-0.15, -0.1) is 0 Å². The Morgan fingerprint density at radius 3 is 2.39 bits per heavy atom. The molecule has 2 aromatic rings. The molecule has 0 unspecified atom stereocenters. The summed E-state index contributed by atoms with van der Waals surface area (Å²) in [6, 6.07) is 16.3. The summed E-state index contributed by atoms with van der Waals surface area (Å²) in [5.74, 6) is 1.04. The van der Waals surface area contributed by atoms with Gasteiger partial charge in [0.25, 0.3) is 5.91 Å². The number of rotatable bonds is 6. The molecule has 1 saturated heterocycles. The van der Waals surface area contributed by atoms with E-state index in [2.05, 4.69) is 29.2 Å². The van der Waals surface area contributed by atoms with Gasteiger partial charge in [0, 0.05) is 37.3 Å². The van der Waals surface area contributed by atoms with Crippen LogP contribution in [0.1, 0.15) is 47.2 Å². The second kappa shape index (κ2) is 8.83. The molecule has 5 rings (SSSR count). The van der Waals surface area contributed by atoms with E-state index in [0.717, 1.165) is 76.2 Å². The number of hydrogen-bond donors (Lipinski definition) is 0. The molecule has 0 bridgehead atoms. The summed E-state index contributed by atoms with van der Waals surface area (Å²) in [7, 11) is 0. The van der Waals surface area contributed by atoms with Gasteiger partial charge in [-0.1, -0.05) is 36.4 Å². The van der Waals surface area contributed by atoms with Crippen LogP contribution in [0.3, 0.4) is 0 Å². The third-order valence-corrected chi connectivity index (χ3v) is 7.13. The van der Waals surface area contributed by atoms with Crippen LogP contribution < -0.4 is 4.90 Å². The van der Waals surface area contributed by atoms with Gasteiger partial charge in [0.15, 0.2) is 0 Å². The Labute approximate surface area is 184 Å². The van der Waals surface area contributed by atoms with Crippen molar-refractivity contribution in [1.29, 1.82) is 0 Å². The fourth-order valence-corrected chi connectivity index (χ4v) is 5.36. The summed E-state index contributed by atoms with van der Waals surface area (Å²) < 4.78 is 0. The molecule has 31 heavy (non-hydrogen) atoms. The van der Waals surface area contributed by atoms with Crippen LogP contribution in [0.5, 0.6) is 0 Å². The number of aryl methyl sites for hydroxylation is 1. The predicted octanol–water partition coefficient (Wildman–Crippen LogP) is 3.72. The zero-order chi connectivity index (χ0) is 21.2. The molecule has 1 fully saturated rings. The van der Waals surface area contributed by atoms with Gasteiger partial charge in [-0.05, 0) is 74.5 Å². The number of para-hydroxylation sites is 1. The van der Waals surface area contributed by atoms with Gasteiger partial charge in [-0.3, -0.25) is 9.59 Å². The molecule has 0 aromatic heterocycles. The minimum absolute atomic E-state index is 0.199. The molecule has 3 aliphatic heterocycles. The third-order valence-electron chi connectivity index (χ3n) is 7.13. The van der Waals surface area contributed by atoms with Crippen molar-refractivity contribution >= 4 is 17.5 Å². The Balaban J connectivity index is 1.07. The van der Waals surface area contributed by atoms with Gasteiger partial charge in [0.1, 0.15) is 0 Å². The minimum atomic E-state index is 0.199. The second-order valence-corrected chi connectivity index (χ2v) is 9.16. The smallest absolute Gasteiger partial charge is 0.254 e. The minimum Gasteiger partial charge on any atom is -0.334 e. The lowest BCUT2D eigenvalue weighted by molar-refractivity contribution is -0.118. The highest BCUT2D eigenvalue weighted by Crippen LogP contribution is 2.28. The van der Waals surface area contributed by atoms with Crippen molar-refractivity contribution in [2.24, 2.45) is 5.92 Å². The number of likely N-dealkylation sites (tertiary alicyclic amines) is 1. The van der Waals surface area contributed by atoms with Crippen LogP contribution >= 0.6 is 0 Å². The molecule has 2 amide bonds. The Kier molecular flexibility index (Phi) is 5.77. The fraction of sp³-hybridized carbons (Fsp3) is 0.462. The monoisotopic (exact) mass is 417 g/mol. The number of carbonyl (C=O) groups is 2. The highest BCUT2D eigenvalue weighted by atomic mass is 16.2. The largest absolute Gasteiger partial charge is 0.334 e. The first-order chi connectivity index (χ1) is 15.2. The molecular formula is C26H31N3O2. The summed E-state index contributed by atoms with van der Waals surface area (Å²) in [5.41, 5.74) is 4.45. The van der Waals surface area contributed by atoms with Crippen molar-refractivity contribution in [1.82, 2.24) is 9.80 Å². The number of carbonyl (C=O) groups excluding carboxylic acids is 2. The highest BCUT2D eigenvalue weighted by Gasteiger charge is 2.30. The topological polar surface area (TPSA) is 43.9 Å². The Bertz CT molecular complexity index is 965. The van der Waals surface area contributed by atoms with E-state index >= 15 is 0 Å². The molecule has 162 valence electrons. The molecule has 3 aliphatic rings. The zero-order valence-electron chi connectivity index (χ0n) is 18.1. The fourth-order valence-electron chi connectivity index (χ4n) is 5.36. The molecule has 0 N–H and O–H groups in total. The lowest BCUT2D eigenvalue weighted by Gasteiger charge is -2.35. The number of fused-ring (bicyclic) bond motifs is 2. The van der Waals surface area contributed by atoms with Gasteiger partial charge >= 0.3 is 0 Å². The molecule has 2 aromatic carbocycles. The second-order valence-electron chi connectivity index (χ2n) is 9.16. The van der Waals surface area contributed by atoms with E-state index in [1.165, 1.54) is 11.1 Å². The SMILES string of the molecule is O=C1c2ccccc2CN1CC1CCN(CCCN2C(=O)CCc3ccccc32)CC1. The number of hydrogen-bond acceptors (Lipinski definition) is 3. The van der Waals surface area contributed by atoms with Crippen LogP contribution in [0, 0.1) is 5.92 Å². The van der Waals surface area contributed by atoms with Crippen molar-refractivity contribution in [2.45, 2.75) is 38.6 Å².